The van der Waals surface area contributed by atoms with Gasteiger partial charge in [-0.1, -0.05) is 47.0 Å². The maximum atomic E-state index is 12.5. The third-order valence-electron chi connectivity index (χ3n) is 4.68. The molecule has 2 aliphatic rings. The number of hydrogen-bond donors (Lipinski definition) is 1. The molecule has 2 bridgehead atoms. The largest absolute Gasteiger partial charge is 0.351 e. The number of carbonyl (C=O) groups is 1. The summed E-state index contributed by atoms with van der Waals surface area (Å²) in [5.41, 5.74) is 1.61. The van der Waals surface area contributed by atoms with E-state index >= 15 is 0 Å². The second-order valence-corrected chi connectivity index (χ2v) is 6.82. The van der Waals surface area contributed by atoms with Gasteiger partial charge in [0.2, 0.25) is 0 Å². The number of benzene rings is 1. The minimum atomic E-state index is -0.0550. The van der Waals surface area contributed by atoms with Crippen molar-refractivity contribution in [1.82, 2.24) is 14.9 Å². The number of rotatable bonds is 4. The number of hydrogen-bond acceptors (Lipinski definition) is 4. The van der Waals surface area contributed by atoms with Gasteiger partial charge in [0.25, 0.3) is 5.91 Å². The first-order chi connectivity index (χ1) is 10.8. The molecule has 0 saturated heterocycles. The number of nitrogens with one attached hydrogen (secondary N) is 1. The van der Waals surface area contributed by atoms with Gasteiger partial charge in [-0.2, -0.15) is 0 Å². The van der Waals surface area contributed by atoms with E-state index in [-0.39, 0.29) is 5.91 Å². The molecular formula is C17H17N3OS. The SMILES string of the molecule is O=C(NC[C@H]1C[C@@H]2C=C[C@H]1C2)c1snnc1-c1ccccc1. The summed E-state index contributed by atoms with van der Waals surface area (Å²) in [6.07, 6.45) is 7.10. The topological polar surface area (TPSA) is 54.9 Å². The minimum Gasteiger partial charge on any atom is -0.351 e. The third-order valence-corrected chi connectivity index (χ3v) is 5.41. The number of fused-ring (bicyclic) bond motifs is 2. The lowest BCUT2D eigenvalue weighted by Crippen LogP contribution is -2.30. The molecule has 0 spiro atoms. The molecule has 0 radical (unpaired) electrons. The van der Waals surface area contributed by atoms with Crippen molar-refractivity contribution in [3.63, 3.8) is 0 Å². The van der Waals surface area contributed by atoms with Gasteiger partial charge in [-0.25, -0.2) is 0 Å². The fourth-order valence-electron chi connectivity index (χ4n) is 3.56. The van der Waals surface area contributed by atoms with Crippen molar-refractivity contribution >= 4 is 17.4 Å². The average Bonchev–Trinajstić information content (AvgIpc) is 3.29. The summed E-state index contributed by atoms with van der Waals surface area (Å²) < 4.78 is 3.96. The zero-order chi connectivity index (χ0) is 14.9. The highest BCUT2D eigenvalue weighted by atomic mass is 32.1. The van der Waals surface area contributed by atoms with E-state index in [9.17, 15) is 4.79 Å². The summed E-state index contributed by atoms with van der Waals surface area (Å²) in [4.78, 5) is 13.1. The molecule has 3 atom stereocenters. The first-order valence-electron chi connectivity index (χ1n) is 7.65. The second kappa shape index (κ2) is 5.65. The second-order valence-electron chi connectivity index (χ2n) is 6.07. The number of amides is 1. The van der Waals surface area contributed by atoms with Gasteiger partial charge < -0.3 is 5.32 Å². The Labute approximate surface area is 133 Å². The Kier molecular flexibility index (Phi) is 3.50. The fourth-order valence-corrected chi connectivity index (χ4v) is 4.16. The van der Waals surface area contributed by atoms with Crippen LogP contribution in [0.4, 0.5) is 0 Å². The lowest BCUT2D eigenvalue weighted by Gasteiger charge is -2.18. The van der Waals surface area contributed by atoms with E-state index in [2.05, 4.69) is 27.1 Å². The summed E-state index contributed by atoms with van der Waals surface area (Å²) in [7, 11) is 0. The standard InChI is InChI=1S/C17H17N3OS/c21-17(18-10-14-9-11-6-7-13(14)8-11)16-15(19-20-22-16)12-4-2-1-3-5-12/h1-7,11,13-14H,8-10H2,(H,18,21)/t11-,13+,14-/m1/s1. The quantitative estimate of drug-likeness (QED) is 0.883. The van der Waals surface area contributed by atoms with E-state index in [1.807, 2.05) is 30.3 Å². The predicted molar refractivity (Wildman–Crippen MR) is 86.5 cm³/mol. The van der Waals surface area contributed by atoms with Crippen LogP contribution in [0.2, 0.25) is 0 Å². The summed E-state index contributed by atoms with van der Waals surface area (Å²) in [6, 6.07) is 9.74. The van der Waals surface area contributed by atoms with Crippen molar-refractivity contribution in [3.8, 4) is 11.3 Å². The third kappa shape index (κ3) is 2.46. The molecule has 112 valence electrons. The van der Waals surface area contributed by atoms with Crippen LogP contribution in [0.15, 0.2) is 42.5 Å². The number of aromatic nitrogens is 2. The highest BCUT2D eigenvalue weighted by molar-refractivity contribution is 7.08. The smallest absolute Gasteiger partial charge is 0.265 e. The summed E-state index contributed by atoms with van der Waals surface area (Å²) in [6.45, 7) is 0.746. The molecule has 2 aromatic rings. The number of allylic oxidation sites excluding steroid dienone is 2. The zero-order valence-corrected chi connectivity index (χ0v) is 12.9. The van der Waals surface area contributed by atoms with E-state index < -0.39 is 0 Å². The lowest BCUT2D eigenvalue weighted by molar-refractivity contribution is 0.0949. The molecule has 1 amide bonds. The van der Waals surface area contributed by atoms with Crippen LogP contribution >= 0.6 is 11.5 Å². The van der Waals surface area contributed by atoms with Gasteiger partial charge in [-0.15, -0.1) is 5.10 Å². The van der Waals surface area contributed by atoms with Crippen molar-refractivity contribution in [2.45, 2.75) is 12.8 Å². The molecule has 1 aromatic heterocycles. The monoisotopic (exact) mass is 311 g/mol. The Morgan fingerprint density at radius 2 is 2.09 bits per heavy atom. The Morgan fingerprint density at radius 1 is 1.23 bits per heavy atom. The van der Waals surface area contributed by atoms with Crippen LogP contribution in [-0.2, 0) is 0 Å². The number of carbonyl (C=O) groups excluding carboxylic acids is 1. The van der Waals surface area contributed by atoms with Gasteiger partial charge in [0.05, 0.1) is 0 Å². The van der Waals surface area contributed by atoms with Crippen molar-refractivity contribution in [2.24, 2.45) is 17.8 Å². The molecule has 1 saturated carbocycles. The minimum absolute atomic E-state index is 0.0550. The van der Waals surface area contributed by atoms with Crippen LogP contribution in [0.3, 0.4) is 0 Å². The maximum Gasteiger partial charge on any atom is 0.265 e. The highest BCUT2D eigenvalue weighted by Crippen LogP contribution is 2.43. The van der Waals surface area contributed by atoms with Crippen molar-refractivity contribution in [3.05, 3.63) is 47.4 Å². The lowest BCUT2D eigenvalue weighted by atomic mass is 9.93. The first kappa shape index (κ1) is 13.6. The molecule has 0 unspecified atom stereocenters. The Bertz CT molecular complexity index is 710. The molecule has 4 rings (SSSR count). The number of nitrogens with zero attached hydrogens (tertiary/aromatic N) is 2. The zero-order valence-electron chi connectivity index (χ0n) is 12.1. The summed E-state index contributed by atoms with van der Waals surface area (Å²) >= 11 is 1.16. The van der Waals surface area contributed by atoms with E-state index in [0.29, 0.717) is 22.4 Å². The van der Waals surface area contributed by atoms with Gasteiger partial charge in [0.15, 0.2) is 0 Å². The molecule has 22 heavy (non-hydrogen) atoms. The molecule has 2 aliphatic carbocycles. The Balaban J connectivity index is 1.45. The average molecular weight is 311 g/mol. The Hall–Kier alpha value is -2.01. The van der Waals surface area contributed by atoms with Crippen molar-refractivity contribution < 1.29 is 4.79 Å². The van der Waals surface area contributed by atoms with Gasteiger partial charge in [-0.05, 0) is 42.1 Å². The molecular weight excluding hydrogens is 294 g/mol. The van der Waals surface area contributed by atoms with E-state index in [1.165, 1.54) is 12.8 Å². The van der Waals surface area contributed by atoms with Crippen molar-refractivity contribution in [1.29, 1.82) is 0 Å². The highest BCUT2D eigenvalue weighted by Gasteiger charge is 2.35. The van der Waals surface area contributed by atoms with Crippen LogP contribution in [-0.4, -0.2) is 22.0 Å². The Morgan fingerprint density at radius 3 is 2.82 bits per heavy atom. The predicted octanol–water partition coefficient (Wildman–Crippen LogP) is 3.15. The van der Waals surface area contributed by atoms with Gasteiger partial charge >= 0.3 is 0 Å². The van der Waals surface area contributed by atoms with Crippen LogP contribution in [0.25, 0.3) is 11.3 Å². The van der Waals surface area contributed by atoms with Crippen molar-refractivity contribution in [2.75, 3.05) is 6.54 Å². The van der Waals surface area contributed by atoms with Crippen LogP contribution in [0.5, 0.6) is 0 Å². The molecule has 1 heterocycles. The molecule has 5 heteroatoms. The van der Waals surface area contributed by atoms with Gasteiger partial charge in [-0.3, -0.25) is 4.79 Å². The van der Waals surface area contributed by atoms with Crippen LogP contribution < -0.4 is 5.32 Å². The maximum absolute atomic E-state index is 12.5. The van der Waals surface area contributed by atoms with E-state index in [0.717, 1.165) is 29.6 Å². The normalized spacial score (nSPS) is 25.5. The first-order valence-corrected chi connectivity index (χ1v) is 8.43. The van der Waals surface area contributed by atoms with E-state index in [4.69, 9.17) is 0 Å². The van der Waals surface area contributed by atoms with Gasteiger partial charge in [0.1, 0.15) is 10.6 Å². The molecule has 1 aromatic carbocycles. The molecule has 1 N–H and O–H groups in total. The molecule has 0 aliphatic heterocycles. The molecule has 4 nitrogen and oxygen atoms in total. The fraction of sp³-hybridized carbons (Fsp3) is 0.353. The summed E-state index contributed by atoms with van der Waals surface area (Å²) in [5.74, 6) is 1.91. The van der Waals surface area contributed by atoms with Gasteiger partial charge in [0, 0.05) is 12.1 Å². The molecule has 1 fully saturated rings. The summed E-state index contributed by atoms with van der Waals surface area (Å²) in [5, 5.41) is 7.20. The van der Waals surface area contributed by atoms with Crippen LogP contribution in [0, 0.1) is 17.8 Å². The van der Waals surface area contributed by atoms with E-state index in [1.54, 1.807) is 0 Å². The van der Waals surface area contributed by atoms with Crippen LogP contribution in [0.1, 0.15) is 22.5 Å².